The monoisotopic (exact) mass is 485 g/mol. The van der Waals surface area contributed by atoms with Crippen LogP contribution in [0.2, 0.25) is 0 Å². The second-order valence-electron chi connectivity index (χ2n) is 11.1. The molecule has 3 saturated carbocycles. The fraction of sp³-hybridized carbons (Fsp3) is 0.667. The number of ether oxygens (including phenoxy) is 1. The van der Waals surface area contributed by atoms with Crippen molar-refractivity contribution in [3.05, 3.63) is 42.0 Å². The lowest BCUT2D eigenvalue weighted by Gasteiger charge is -2.53. The summed E-state index contributed by atoms with van der Waals surface area (Å²) in [6, 6.07) is 10.8. The van der Waals surface area contributed by atoms with Gasteiger partial charge in [-0.2, -0.15) is 0 Å². The number of hydrogen-bond donors (Lipinski definition) is 0. The quantitative estimate of drug-likeness (QED) is 0.366. The van der Waals surface area contributed by atoms with Gasteiger partial charge in [0.1, 0.15) is 0 Å². The van der Waals surface area contributed by atoms with E-state index in [0.717, 1.165) is 31.6 Å². The van der Waals surface area contributed by atoms with Gasteiger partial charge in [-0.1, -0.05) is 91.5 Å². The summed E-state index contributed by atoms with van der Waals surface area (Å²) in [5.74, 6) is 1.71. The zero-order valence-electron chi connectivity index (χ0n) is 19.1. The first-order valence-electron chi connectivity index (χ1n) is 12.2. The predicted molar refractivity (Wildman–Crippen MR) is 129 cm³/mol. The maximum absolute atomic E-state index is 13.4. The first-order chi connectivity index (χ1) is 14.8. The van der Waals surface area contributed by atoms with Gasteiger partial charge in [-0.15, -0.1) is 0 Å². The first kappa shape index (κ1) is 21.7. The van der Waals surface area contributed by atoms with E-state index in [1.165, 1.54) is 24.8 Å². The number of β-lactam (4-membered cyclic amide) rings is 1. The van der Waals surface area contributed by atoms with Crippen LogP contribution in [-0.2, 0) is 9.53 Å². The van der Waals surface area contributed by atoms with Gasteiger partial charge in [-0.25, -0.2) is 0 Å². The molecule has 4 heteroatoms. The number of benzene rings is 1. The topological polar surface area (TPSA) is 29.5 Å². The standard InChI is InChI=1S/C27H36BrNO2/c1-26(2)20-16-23(28)27(3,17-21(20)26)31-24-22(15-14-18-10-6-4-7-11-18)29(25(24)30)19-12-8-5-9-13-19/h4,6-7,10-11,14-15,19-24H,5,8-9,12-13,16-17H2,1-3H3/b15-14+/t20-,21+,22+,23-,24-,27-/m1/s1. The van der Waals surface area contributed by atoms with Crippen molar-refractivity contribution in [2.75, 3.05) is 0 Å². The van der Waals surface area contributed by atoms with E-state index in [-0.39, 0.29) is 23.7 Å². The maximum atomic E-state index is 13.4. The molecule has 4 aliphatic rings. The normalized spacial score (nSPS) is 39.9. The fourth-order valence-corrected chi connectivity index (χ4v) is 7.25. The average Bonchev–Trinajstić information content (AvgIpc) is 3.28. The second-order valence-corrected chi connectivity index (χ2v) is 12.2. The van der Waals surface area contributed by atoms with Crippen molar-refractivity contribution >= 4 is 27.9 Å². The Bertz CT molecular complexity index is 846. The molecule has 1 aliphatic heterocycles. The SMILES string of the molecule is CC1(C)[C@@H]2C[C@@H](Br)[C@](C)(O[C@H]3C(=O)N(C4CCCCC4)[C@H]3/C=C/c3ccccc3)C[C@@H]21. The molecule has 0 radical (unpaired) electrons. The van der Waals surface area contributed by atoms with Gasteiger partial charge in [-0.3, -0.25) is 4.79 Å². The van der Waals surface area contributed by atoms with Crippen LogP contribution in [0, 0.1) is 17.3 Å². The highest BCUT2D eigenvalue weighted by atomic mass is 79.9. The molecule has 4 fully saturated rings. The van der Waals surface area contributed by atoms with Gasteiger partial charge in [-0.05, 0) is 55.4 Å². The van der Waals surface area contributed by atoms with E-state index in [1.807, 2.05) is 6.07 Å². The van der Waals surface area contributed by atoms with Crippen LogP contribution in [0.25, 0.3) is 6.08 Å². The number of halogens is 1. The summed E-state index contributed by atoms with van der Waals surface area (Å²) in [4.78, 5) is 15.8. The lowest BCUT2D eigenvalue weighted by Crippen LogP contribution is -2.70. The molecule has 1 heterocycles. The summed E-state index contributed by atoms with van der Waals surface area (Å²) >= 11 is 3.95. The summed E-state index contributed by atoms with van der Waals surface area (Å²) in [6.45, 7) is 7.00. The van der Waals surface area contributed by atoms with Crippen molar-refractivity contribution in [1.82, 2.24) is 4.90 Å². The number of nitrogens with zero attached hydrogens (tertiary/aromatic N) is 1. The van der Waals surface area contributed by atoms with E-state index in [0.29, 0.717) is 22.2 Å². The Balaban J connectivity index is 1.36. The van der Waals surface area contributed by atoms with Crippen LogP contribution in [0.5, 0.6) is 0 Å². The number of alkyl halides is 1. The lowest BCUT2D eigenvalue weighted by molar-refractivity contribution is -0.198. The van der Waals surface area contributed by atoms with E-state index in [1.54, 1.807) is 0 Å². The number of likely N-dealkylation sites (tertiary alicyclic amines) is 1. The van der Waals surface area contributed by atoms with Crippen molar-refractivity contribution in [2.45, 2.75) is 94.3 Å². The van der Waals surface area contributed by atoms with Gasteiger partial charge >= 0.3 is 0 Å². The smallest absolute Gasteiger partial charge is 0.255 e. The molecule has 1 amide bonds. The molecule has 1 aromatic rings. The van der Waals surface area contributed by atoms with Gasteiger partial charge in [0.25, 0.3) is 5.91 Å². The molecule has 6 atom stereocenters. The van der Waals surface area contributed by atoms with E-state index >= 15 is 0 Å². The van der Waals surface area contributed by atoms with Crippen LogP contribution in [0.15, 0.2) is 36.4 Å². The van der Waals surface area contributed by atoms with Gasteiger partial charge in [0.05, 0.1) is 11.6 Å². The van der Waals surface area contributed by atoms with Crippen molar-refractivity contribution in [3.8, 4) is 0 Å². The number of carbonyl (C=O) groups excluding carboxylic acids is 1. The number of hydrogen-bond acceptors (Lipinski definition) is 2. The maximum Gasteiger partial charge on any atom is 0.255 e. The Labute approximate surface area is 195 Å². The van der Waals surface area contributed by atoms with Crippen molar-refractivity contribution in [1.29, 1.82) is 0 Å². The number of rotatable bonds is 5. The fourth-order valence-electron chi connectivity index (χ4n) is 6.55. The molecule has 31 heavy (non-hydrogen) atoms. The summed E-state index contributed by atoms with van der Waals surface area (Å²) in [7, 11) is 0. The second kappa shape index (κ2) is 8.02. The highest BCUT2D eigenvalue weighted by molar-refractivity contribution is 9.09. The molecule has 3 nitrogen and oxygen atoms in total. The predicted octanol–water partition coefficient (Wildman–Crippen LogP) is 6.22. The highest BCUT2D eigenvalue weighted by Gasteiger charge is 2.65. The Morgan fingerprint density at radius 1 is 1.06 bits per heavy atom. The number of amides is 1. The average molecular weight is 486 g/mol. The third-order valence-electron chi connectivity index (χ3n) is 8.82. The minimum absolute atomic E-state index is 0.0391. The summed E-state index contributed by atoms with van der Waals surface area (Å²) in [6.07, 6.45) is 12.2. The van der Waals surface area contributed by atoms with Crippen LogP contribution in [0.3, 0.4) is 0 Å². The molecule has 0 unspecified atom stereocenters. The molecular formula is C27H36BrNO2. The molecule has 3 aliphatic carbocycles. The molecular weight excluding hydrogens is 450 g/mol. The Kier molecular flexibility index (Phi) is 5.62. The summed E-state index contributed by atoms with van der Waals surface area (Å²) in [5.41, 5.74) is 1.30. The van der Waals surface area contributed by atoms with Crippen LogP contribution in [0.4, 0.5) is 0 Å². The molecule has 0 N–H and O–H groups in total. The highest BCUT2D eigenvalue weighted by Crippen LogP contribution is 2.68. The molecule has 0 aromatic heterocycles. The minimum atomic E-state index is -0.356. The zero-order chi connectivity index (χ0) is 21.8. The third kappa shape index (κ3) is 3.82. The van der Waals surface area contributed by atoms with E-state index in [9.17, 15) is 4.79 Å². The lowest BCUT2D eigenvalue weighted by atomic mass is 9.83. The summed E-state index contributed by atoms with van der Waals surface area (Å²) < 4.78 is 6.76. The minimum Gasteiger partial charge on any atom is -0.359 e. The van der Waals surface area contributed by atoms with E-state index < -0.39 is 0 Å². The molecule has 5 rings (SSSR count). The molecule has 0 spiro atoms. The van der Waals surface area contributed by atoms with Gasteiger partial charge in [0.15, 0.2) is 6.10 Å². The Morgan fingerprint density at radius 2 is 1.77 bits per heavy atom. The number of carbonyl (C=O) groups is 1. The van der Waals surface area contributed by atoms with Crippen molar-refractivity contribution in [2.24, 2.45) is 17.3 Å². The number of fused-ring (bicyclic) bond motifs is 1. The summed E-state index contributed by atoms with van der Waals surface area (Å²) in [5, 5.41) is 0. The first-order valence-corrected chi connectivity index (χ1v) is 13.1. The van der Waals surface area contributed by atoms with Crippen LogP contribution in [-0.4, -0.2) is 39.4 Å². The molecule has 0 bridgehead atoms. The molecule has 168 valence electrons. The van der Waals surface area contributed by atoms with Crippen LogP contribution < -0.4 is 0 Å². The van der Waals surface area contributed by atoms with Crippen molar-refractivity contribution < 1.29 is 9.53 Å². The largest absolute Gasteiger partial charge is 0.359 e. The van der Waals surface area contributed by atoms with Gasteiger partial charge < -0.3 is 9.64 Å². The zero-order valence-corrected chi connectivity index (χ0v) is 20.7. The van der Waals surface area contributed by atoms with E-state index in [4.69, 9.17) is 4.74 Å². The van der Waals surface area contributed by atoms with Gasteiger partial charge in [0.2, 0.25) is 0 Å². The molecule has 1 saturated heterocycles. The Hall–Kier alpha value is -1.13. The molecule has 1 aromatic carbocycles. The van der Waals surface area contributed by atoms with Gasteiger partial charge in [0, 0.05) is 10.9 Å². The van der Waals surface area contributed by atoms with Crippen molar-refractivity contribution in [3.63, 3.8) is 0 Å². The Morgan fingerprint density at radius 3 is 2.48 bits per heavy atom. The van der Waals surface area contributed by atoms with Crippen LogP contribution >= 0.6 is 15.9 Å². The third-order valence-corrected chi connectivity index (χ3v) is 10.2. The van der Waals surface area contributed by atoms with E-state index in [2.05, 4.69) is 78.0 Å². The van der Waals surface area contributed by atoms with Crippen LogP contribution in [0.1, 0.15) is 71.3 Å².